The van der Waals surface area contributed by atoms with Gasteiger partial charge in [0, 0.05) is 38.1 Å². The van der Waals surface area contributed by atoms with E-state index in [1.165, 1.54) is 22.4 Å². The average Bonchev–Trinajstić information content (AvgIpc) is 3.19. The van der Waals surface area contributed by atoms with Crippen LogP contribution < -0.4 is 0 Å². The van der Waals surface area contributed by atoms with E-state index in [4.69, 9.17) is 0 Å². The molecule has 3 heteroatoms. The van der Waals surface area contributed by atoms with Gasteiger partial charge in [0.2, 0.25) is 0 Å². The van der Waals surface area contributed by atoms with Crippen molar-refractivity contribution in [2.75, 3.05) is 6.54 Å². The summed E-state index contributed by atoms with van der Waals surface area (Å²) in [5, 5.41) is 10.6. The number of hydrogen-bond donors (Lipinski definition) is 1. The molecular formula is C29H38N2O. The zero-order valence-electron chi connectivity index (χ0n) is 19.9. The van der Waals surface area contributed by atoms with Gasteiger partial charge >= 0.3 is 0 Å². The summed E-state index contributed by atoms with van der Waals surface area (Å²) in [6.45, 7) is 13.6. The van der Waals surface area contributed by atoms with Gasteiger partial charge < -0.3 is 9.67 Å². The predicted molar refractivity (Wildman–Crippen MR) is 135 cm³/mol. The maximum absolute atomic E-state index is 10.6. The summed E-state index contributed by atoms with van der Waals surface area (Å²) in [7, 11) is 0. The number of rotatable bonds is 11. The summed E-state index contributed by atoms with van der Waals surface area (Å²) in [6, 6.07) is 23.8. The molecule has 0 aliphatic rings. The van der Waals surface area contributed by atoms with Crippen molar-refractivity contribution >= 4 is 0 Å². The van der Waals surface area contributed by atoms with E-state index in [9.17, 15) is 5.11 Å². The Morgan fingerprint density at radius 2 is 1.66 bits per heavy atom. The Kier molecular flexibility index (Phi) is 8.49. The second-order valence-electron chi connectivity index (χ2n) is 9.75. The van der Waals surface area contributed by atoms with Gasteiger partial charge in [-0.15, -0.1) is 6.58 Å². The summed E-state index contributed by atoms with van der Waals surface area (Å²) >= 11 is 0. The maximum Gasteiger partial charge on any atom is 0.0670 e. The van der Waals surface area contributed by atoms with Gasteiger partial charge in [-0.25, -0.2) is 0 Å². The summed E-state index contributed by atoms with van der Waals surface area (Å²) in [6.07, 6.45) is 5.25. The Labute approximate surface area is 194 Å². The average molecular weight is 431 g/mol. The maximum atomic E-state index is 10.6. The number of nitrogens with zero attached hydrogens (tertiary/aromatic N) is 2. The molecule has 0 bridgehead atoms. The molecule has 1 unspecified atom stereocenters. The van der Waals surface area contributed by atoms with Crippen LogP contribution in [0.4, 0.5) is 0 Å². The molecule has 0 aliphatic carbocycles. The molecule has 0 aliphatic heterocycles. The van der Waals surface area contributed by atoms with Gasteiger partial charge in [0.05, 0.1) is 6.10 Å². The van der Waals surface area contributed by atoms with Gasteiger partial charge in [-0.3, -0.25) is 4.90 Å². The molecule has 0 saturated heterocycles. The van der Waals surface area contributed by atoms with Gasteiger partial charge in [-0.05, 0) is 47.1 Å². The third-order valence-electron chi connectivity index (χ3n) is 5.90. The van der Waals surface area contributed by atoms with Crippen molar-refractivity contribution in [1.29, 1.82) is 0 Å². The SMILES string of the molecule is C=CCCC(O)CN(Cc1ccccc1)Cc1cccn1Cc1ccc(C(C)(C)C)cc1. The van der Waals surface area contributed by atoms with Crippen molar-refractivity contribution in [2.24, 2.45) is 0 Å². The van der Waals surface area contributed by atoms with Crippen LogP contribution in [-0.4, -0.2) is 27.2 Å². The standard InChI is InChI=1S/C29H38N2O/c1-5-6-14-28(32)23-30(20-24-11-8-7-9-12-24)22-27-13-10-19-31(27)21-25-15-17-26(18-16-25)29(2,3)4/h5,7-13,15-19,28,32H,1,6,14,20-23H2,2-4H3. The van der Waals surface area contributed by atoms with E-state index >= 15 is 0 Å². The number of aliphatic hydroxyl groups excluding tert-OH is 1. The smallest absolute Gasteiger partial charge is 0.0670 e. The molecular weight excluding hydrogens is 392 g/mol. The molecule has 0 amide bonds. The minimum atomic E-state index is -0.356. The van der Waals surface area contributed by atoms with Crippen LogP contribution in [0.1, 0.15) is 56.0 Å². The third-order valence-corrected chi connectivity index (χ3v) is 5.90. The van der Waals surface area contributed by atoms with E-state index in [2.05, 4.69) is 104 Å². The minimum absolute atomic E-state index is 0.168. The highest BCUT2D eigenvalue weighted by atomic mass is 16.3. The molecule has 170 valence electrons. The van der Waals surface area contributed by atoms with Crippen LogP contribution in [0.25, 0.3) is 0 Å². The molecule has 2 aromatic carbocycles. The molecule has 3 aromatic rings. The lowest BCUT2D eigenvalue weighted by molar-refractivity contribution is 0.0971. The monoisotopic (exact) mass is 430 g/mol. The highest BCUT2D eigenvalue weighted by Crippen LogP contribution is 2.23. The predicted octanol–water partition coefficient (Wildman–Crippen LogP) is 6.16. The van der Waals surface area contributed by atoms with E-state index in [1.807, 2.05) is 12.1 Å². The van der Waals surface area contributed by atoms with E-state index in [0.29, 0.717) is 6.54 Å². The van der Waals surface area contributed by atoms with E-state index in [1.54, 1.807) is 0 Å². The summed E-state index contributed by atoms with van der Waals surface area (Å²) in [5.41, 5.74) is 5.35. The number of allylic oxidation sites excluding steroid dienone is 1. The van der Waals surface area contributed by atoms with Crippen molar-refractivity contribution in [3.05, 3.63) is 108 Å². The molecule has 0 spiro atoms. The van der Waals surface area contributed by atoms with Crippen LogP contribution in [0, 0.1) is 0 Å². The molecule has 0 fully saturated rings. The van der Waals surface area contributed by atoms with Crippen LogP contribution in [-0.2, 0) is 25.0 Å². The molecule has 1 atom stereocenters. The zero-order valence-corrected chi connectivity index (χ0v) is 19.9. The van der Waals surface area contributed by atoms with Crippen LogP contribution in [0.2, 0.25) is 0 Å². The summed E-state index contributed by atoms with van der Waals surface area (Å²) in [4.78, 5) is 2.34. The van der Waals surface area contributed by atoms with Crippen molar-refractivity contribution in [3.63, 3.8) is 0 Å². The highest BCUT2D eigenvalue weighted by Gasteiger charge is 2.16. The Morgan fingerprint density at radius 1 is 0.938 bits per heavy atom. The lowest BCUT2D eigenvalue weighted by atomic mass is 9.87. The van der Waals surface area contributed by atoms with Gasteiger partial charge in [0.25, 0.3) is 0 Å². The second-order valence-corrected chi connectivity index (χ2v) is 9.75. The third kappa shape index (κ3) is 7.22. The largest absolute Gasteiger partial charge is 0.392 e. The topological polar surface area (TPSA) is 28.4 Å². The Hall–Kier alpha value is -2.62. The first-order chi connectivity index (χ1) is 15.3. The van der Waals surface area contributed by atoms with Crippen LogP contribution in [0.3, 0.4) is 0 Å². The van der Waals surface area contributed by atoms with Crippen LogP contribution >= 0.6 is 0 Å². The molecule has 1 aromatic heterocycles. The van der Waals surface area contributed by atoms with Crippen LogP contribution in [0.15, 0.2) is 85.6 Å². The van der Waals surface area contributed by atoms with E-state index in [0.717, 1.165) is 32.5 Å². The Morgan fingerprint density at radius 3 is 2.31 bits per heavy atom. The van der Waals surface area contributed by atoms with Gasteiger partial charge in [-0.1, -0.05) is 81.4 Å². The molecule has 0 saturated carbocycles. The lowest BCUT2D eigenvalue weighted by Gasteiger charge is -2.26. The fraction of sp³-hybridized carbons (Fsp3) is 0.379. The number of aromatic nitrogens is 1. The Balaban J connectivity index is 1.72. The molecule has 32 heavy (non-hydrogen) atoms. The molecule has 1 N–H and O–H groups in total. The van der Waals surface area contributed by atoms with Crippen molar-refractivity contribution < 1.29 is 5.11 Å². The number of benzene rings is 2. The molecule has 1 heterocycles. The van der Waals surface area contributed by atoms with Crippen molar-refractivity contribution in [2.45, 2.75) is 64.8 Å². The highest BCUT2D eigenvalue weighted by molar-refractivity contribution is 5.28. The van der Waals surface area contributed by atoms with E-state index in [-0.39, 0.29) is 11.5 Å². The molecule has 0 radical (unpaired) electrons. The van der Waals surface area contributed by atoms with Crippen molar-refractivity contribution in [1.82, 2.24) is 9.47 Å². The zero-order chi connectivity index (χ0) is 23.0. The fourth-order valence-electron chi connectivity index (χ4n) is 4.01. The first kappa shape index (κ1) is 24.0. The summed E-state index contributed by atoms with van der Waals surface area (Å²) < 4.78 is 2.32. The van der Waals surface area contributed by atoms with Gasteiger partial charge in [-0.2, -0.15) is 0 Å². The summed E-state index contributed by atoms with van der Waals surface area (Å²) in [5.74, 6) is 0. The van der Waals surface area contributed by atoms with Crippen LogP contribution in [0.5, 0.6) is 0 Å². The van der Waals surface area contributed by atoms with Gasteiger partial charge in [0.15, 0.2) is 0 Å². The Bertz CT molecular complexity index is 951. The fourth-order valence-corrected chi connectivity index (χ4v) is 4.01. The molecule has 3 rings (SSSR count). The lowest BCUT2D eigenvalue weighted by Crippen LogP contribution is -2.32. The normalized spacial score (nSPS) is 12.8. The second kappa shape index (κ2) is 11.3. The minimum Gasteiger partial charge on any atom is -0.392 e. The van der Waals surface area contributed by atoms with E-state index < -0.39 is 0 Å². The van der Waals surface area contributed by atoms with Crippen molar-refractivity contribution in [3.8, 4) is 0 Å². The first-order valence-corrected chi connectivity index (χ1v) is 11.6. The number of hydrogen-bond acceptors (Lipinski definition) is 2. The quantitative estimate of drug-likeness (QED) is 0.369. The number of aliphatic hydroxyl groups is 1. The first-order valence-electron chi connectivity index (χ1n) is 11.6. The van der Waals surface area contributed by atoms with Gasteiger partial charge in [0.1, 0.15) is 0 Å². The molecule has 3 nitrogen and oxygen atoms in total.